The van der Waals surface area contributed by atoms with Crippen molar-refractivity contribution in [3.8, 4) is 5.75 Å². The Morgan fingerprint density at radius 2 is 2.03 bits per heavy atom. The zero-order valence-corrected chi connectivity index (χ0v) is 21.4. The second-order valence-corrected chi connectivity index (χ2v) is 10.3. The Kier molecular flexibility index (Phi) is 8.85. The van der Waals surface area contributed by atoms with E-state index in [2.05, 4.69) is 13.0 Å². The number of hydrogen-bond acceptors (Lipinski definition) is 6. The van der Waals surface area contributed by atoms with Crippen LogP contribution >= 0.6 is 0 Å². The van der Waals surface area contributed by atoms with Crippen LogP contribution in [0.1, 0.15) is 56.1 Å². The van der Waals surface area contributed by atoms with Crippen LogP contribution in [0.3, 0.4) is 0 Å². The predicted octanol–water partition coefficient (Wildman–Crippen LogP) is 1.69. The van der Waals surface area contributed by atoms with E-state index in [9.17, 15) is 19.5 Å². The first-order chi connectivity index (χ1) is 17.4. The quantitative estimate of drug-likeness (QED) is 0.449. The molecule has 0 spiro atoms. The van der Waals surface area contributed by atoms with Crippen molar-refractivity contribution in [2.75, 3.05) is 52.4 Å². The highest BCUT2D eigenvalue weighted by atomic mass is 16.5. The molecular formula is C27H40N4O5. The summed E-state index contributed by atoms with van der Waals surface area (Å²) >= 11 is 0. The summed E-state index contributed by atoms with van der Waals surface area (Å²) in [5.41, 5.74) is 7.77. The second kappa shape index (κ2) is 12.1. The number of rotatable bonds is 12. The molecule has 3 aliphatic rings. The highest BCUT2D eigenvalue weighted by Gasteiger charge is 2.48. The Labute approximate surface area is 213 Å². The second-order valence-electron chi connectivity index (χ2n) is 10.3. The molecule has 0 saturated carbocycles. The minimum atomic E-state index is -0.880. The molecule has 0 bridgehead atoms. The van der Waals surface area contributed by atoms with Gasteiger partial charge in [-0.25, -0.2) is 0 Å². The molecule has 9 heteroatoms. The van der Waals surface area contributed by atoms with Gasteiger partial charge >= 0.3 is 5.97 Å². The topological polar surface area (TPSA) is 116 Å². The van der Waals surface area contributed by atoms with E-state index in [1.165, 1.54) is 0 Å². The summed E-state index contributed by atoms with van der Waals surface area (Å²) in [7, 11) is 0. The van der Waals surface area contributed by atoms with E-state index in [1.54, 1.807) is 4.90 Å². The van der Waals surface area contributed by atoms with Crippen molar-refractivity contribution in [1.82, 2.24) is 14.7 Å². The van der Waals surface area contributed by atoms with Crippen LogP contribution in [0.2, 0.25) is 0 Å². The van der Waals surface area contributed by atoms with Gasteiger partial charge in [0.15, 0.2) is 0 Å². The van der Waals surface area contributed by atoms with Crippen LogP contribution in [0.5, 0.6) is 5.75 Å². The SMILES string of the molecule is CCCCN(CCCN)C(=O)CN1C[C@H](c2ccc3c(c2)CCO3)C(C(=O)O)[C@@H]1CN1CCCC1=O. The van der Waals surface area contributed by atoms with Gasteiger partial charge < -0.3 is 25.4 Å². The van der Waals surface area contributed by atoms with E-state index in [1.807, 2.05) is 21.9 Å². The molecule has 0 aromatic heterocycles. The molecule has 3 heterocycles. The molecule has 9 nitrogen and oxygen atoms in total. The molecule has 3 aliphatic heterocycles. The highest BCUT2D eigenvalue weighted by Crippen LogP contribution is 2.40. The summed E-state index contributed by atoms with van der Waals surface area (Å²) < 4.78 is 5.65. The van der Waals surface area contributed by atoms with E-state index in [0.29, 0.717) is 52.3 Å². The Hall–Kier alpha value is -2.65. The first-order valence-corrected chi connectivity index (χ1v) is 13.4. The van der Waals surface area contributed by atoms with Crippen LogP contribution in [0.15, 0.2) is 18.2 Å². The molecule has 3 N–H and O–H groups in total. The number of fused-ring (bicyclic) bond motifs is 1. The average molecular weight is 501 g/mol. The molecule has 2 amide bonds. The smallest absolute Gasteiger partial charge is 0.308 e. The molecule has 0 aliphatic carbocycles. The maximum Gasteiger partial charge on any atom is 0.308 e. The Balaban J connectivity index is 1.60. The number of benzene rings is 1. The van der Waals surface area contributed by atoms with E-state index in [0.717, 1.165) is 49.0 Å². The van der Waals surface area contributed by atoms with Crippen LogP contribution in [0.4, 0.5) is 0 Å². The number of aliphatic carboxylic acids is 1. The molecule has 36 heavy (non-hydrogen) atoms. The van der Waals surface area contributed by atoms with Gasteiger partial charge in [-0.15, -0.1) is 0 Å². The number of likely N-dealkylation sites (tertiary alicyclic amines) is 2. The zero-order chi connectivity index (χ0) is 25.7. The molecule has 3 atom stereocenters. The molecule has 2 saturated heterocycles. The van der Waals surface area contributed by atoms with E-state index in [-0.39, 0.29) is 24.3 Å². The highest BCUT2D eigenvalue weighted by molar-refractivity contribution is 5.80. The summed E-state index contributed by atoms with van der Waals surface area (Å²) in [5.74, 6) is -0.926. The summed E-state index contributed by atoms with van der Waals surface area (Å²) in [6, 6.07) is 5.54. The van der Waals surface area contributed by atoms with Crippen LogP contribution in [-0.2, 0) is 20.8 Å². The van der Waals surface area contributed by atoms with Crippen molar-refractivity contribution in [3.63, 3.8) is 0 Å². The van der Waals surface area contributed by atoms with Gasteiger partial charge in [-0.1, -0.05) is 25.5 Å². The standard InChI is InChI=1S/C27H40N4O5/c1-2-3-11-29(13-5-10-28)25(33)18-31-16-21(19-7-8-23-20(15-19)9-14-36-23)26(27(34)35)22(31)17-30-12-4-6-24(30)32/h7-8,15,21-22,26H,2-6,9-14,16-18,28H2,1H3,(H,34,35)/t21-,22+,26?/m1/s1. The molecule has 0 radical (unpaired) electrons. The third kappa shape index (κ3) is 5.83. The Morgan fingerprint density at radius 1 is 1.22 bits per heavy atom. The van der Waals surface area contributed by atoms with Crippen molar-refractivity contribution in [2.24, 2.45) is 11.7 Å². The predicted molar refractivity (Wildman–Crippen MR) is 136 cm³/mol. The fraction of sp³-hybridized carbons (Fsp3) is 0.667. The minimum Gasteiger partial charge on any atom is -0.493 e. The molecule has 1 unspecified atom stereocenters. The fourth-order valence-electron chi connectivity index (χ4n) is 5.88. The average Bonchev–Trinajstić information content (AvgIpc) is 3.58. The van der Waals surface area contributed by atoms with Gasteiger partial charge in [0, 0.05) is 57.5 Å². The maximum absolute atomic E-state index is 13.4. The number of carbonyl (C=O) groups is 3. The molecule has 4 rings (SSSR count). The number of carboxylic acid groups (broad SMARTS) is 1. The summed E-state index contributed by atoms with van der Waals surface area (Å²) in [6.07, 6.45) is 4.75. The number of hydrogen-bond donors (Lipinski definition) is 2. The summed E-state index contributed by atoms with van der Waals surface area (Å²) in [5, 5.41) is 10.4. The first kappa shape index (κ1) is 26.4. The lowest BCUT2D eigenvalue weighted by Gasteiger charge is -2.32. The van der Waals surface area contributed by atoms with Crippen LogP contribution in [0.25, 0.3) is 0 Å². The number of carbonyl (C=O) groups excluding carboxylic acids is 2. The summed E-state index contributed by atoms with van der Waals surface area (Å²) in [6.45, 7) is 6.13. The summed E-state index contributed by atoms with van der Waals surface area (Å²) in [4.78, 5) is 44.2. The Bertz CT molecular complexity index is 946. The van der Waals surface area contributed by atoms with Crippen molar-refractivity contribution >= 4 is 17.8 Å². The molecular weight excluding hydrogens is 460 g/mol. The third-order valence-corrected chi connectivity index (χ3v) is 7.86. The van der Waals surface area contributed by atoms with Gasteiger partial charge in [0.1, 0.15) is 5.75 Å². The van der Waals surface area contributed by atoms with E-state index < -0.39 is 17.9 Å². The molecule has 1 aromatic rings. The van der Waals surface area contributed by atoms with Crippen molar-refractivity contribution < 1.29 is 24.2 Å². The zero-order valence-electron chi connectivity index (χ0n) is 21.4. The molecule has 1 aromatic carbocycles. The number of amides is 2. The van der Waals surface area contributed by atoms with Crippen LogP contribution < -0.4 is 10.5 Å². The Morgan fingerprint density at radius 3 is 2.72 bits per heavy atom. The van der Waals surface area contributed by atoms with Gasteiger partial charge in [0.25, 0.3) is 0 Å². The fourth-order valence-corrected chi connectivity index (χ4v) is 5.88. The monoisotopic (exact) mass is 500 g/mol. The van der Waals surface area contributed by atoms with Crippen molar-refractivity contribution in [2.45, 2.75) is 57.4 Å². The third-order valence-electron chi connectivity index (χ3n) is 7.86. The largest absolute Gasteiger partial charge is 0.493 e. The number of unbranched alkanes of at least 4 members (excludes halogenated alkanes) is 1. The van der Waals surface area contributed by atoms with E-state index in [4.69, 9.17) is 10.5 Å². The van der Waals surface area contributed by atoms with Gasteiger partial charge in [-0.2, -0.15) is 0 Å². The first-order valence-electron chi connectivity index (χ1n) is 13.4. The van der Waals surface area contributed by atoms with Gasteiger partial charge in [-0.3, -0.25) is 19.3 Å². The van der Waals surface area contributed by atoms with Gasteiger partial charge in [-0.05, 0) is 43.0 Å². The van der Waals surface area contributed by atoms with Crippen molar-refractivity contribution in [3.05, 3.63) is 29.3 Å². The maximum atomic E-state index is 13.4. The normalized spacial score (nSPS) is 23.7. The number of nitrogens with two attached hydrogens (primary N) is 1. The number of carboxylic acids is 1. The van der Waals surface area contributed by atoms with Crippen LogP contribution in [0, 0.1) is 5.92 Å². The number of nitrogens with zero attached hydrogens (tertiary/aromatic N) is 3. The molecule has 198 valence electrons. The van der Waals surface area contributed by atoms with E-state index >= 15 is 0 Å². The van der Waals surface area contributed by atoms with Gasteiger partial charge in [0.2, 0.25) is 11.8 Å². The van der Waals surface area contributed by atoms with Crippen LogP contribution in [-0.4, -0.2) is 96.1 Å². The lowest BCUT2D eigenvalue weighted by Crippen LogP contribution is -2.49. The molecule has 2 fully saturated rings. The van der Waals surface area contributed by atoms with Crippen molar-refractivity contribution in [1.29, 1.82) is 0 Å². The van der Waals surface area contributed by atoms with Gasteiger partial charge in [0.05, 0.1) is 19.1 Å². The number of ether oxygens (including phenoxy) is 1. The lowest BCUT2D eigenvalue weighted by molar-refractivity contribution is -0.144. The lowest BCUT2D eigenvalue weighted by atomic mass is 9.84. The minimum absolute atomic E-state index is 0.00166.